The van der Waals surface area contributed by atoms with Gasteiger partial charge in [-0.15, -0.1) is 5.10 Å². The quantitative estimate of drug-likeness (QED) is 0.751. The smallest absolute Gasteiger partial charge is 0.154 e. The number of ether oxygens (including phenoxy) is 1. The Bertz CT molecular complexity index is 1000. The fourth-order valence-corrected chi connectivity index (χ4v) is 6.45. The Morgan fingerprint density at radius 1 is 1.07 bits per heavy atom. The summed E-state index contributed by atoms with van der Waals surface area (Å²) in [6.07, 6.45) is 12.3. The monoisotopic (exact) mass is 375 g/mol. The lowest BCUT2D eigenvalue weighted by Gasteiger charge is -2.59. The Hall–Kier alpha value is -2.47. The van der Waals surface area contributed by atoms with Gasteiger partial charge in [-0.3, -0.25) is 4.98 Å². The van der Waals surface area contributed by atoms with Crippen LogP contribution in [0, 0.1) is 17.8 Å². The van der Waals surface area contributed by atoms with E-state index in [-0.39, 0.29) is 5.54 Å². The Morgan fingerprint density at radius 3 is 2.61 bits per heavy atom. The summed E-state index contributed by atoms with van der Waals surface area (Å²) in [6, 6.07) is 8.12. The van der Waals surface area contributed by atoms with Crippen molar-refractivity contribution in [3.05, 3.63) is 42.9 Å². The summed E-state index contributed by atoms with van der Waals surface area (Å²) in [4.78, 5) is 8.64. The van der Waals surface area contributed by atoms with Crippen LogP contribution in [0.15, 0.2) is 42.9 Å². The van der Waals surface area contributed by atoms with Gasteiger partial charge in [-0.25, -0.2) is 9.50 Å². The highest BCUT2D eigenvalue weighted by Gasteiger charge is 2.55. The zero-order valence-electron chi connectivity index (χ0n) is 16.1. The molecule has 0 aromatic carbocycles. The maximum Gasteiger partial charge on any atom is 0.154 e. The van der Waals surface area contributed by atoms with Crippen molar-refractivity contribution in [2.24, 2.45) is 17.8 Å². The van der Waals surface area contributed by atoms with Crippen LogP contribution in [0.25, 0.3) is 16.9 Å². The van der Waals surface area contributed by atoms with Gasteiger partial charge in [0.15, 0.2) is 5.65 Å². The third-order valence-electron chi connectivity index (χ3n) is 7.19. The summed E-state index contributed by atoms with van der Waals surface area (Å²) < 4.78 is 7.81. The number of anilines is 1. The van der Waals surface area contributed by atoms with Gasteiger partial charge in [0.2, 0.25) is 0 Å². The van der Waals surface area contributed by atoms with Crippen molar-refractivity contribution in [1.29, 1.82) is 0 Å². The highest BCUT2D eigenvalue weighted by molar-refractivity contribution is 5.63. The molecule has 6 heteroatoms. The van der Waals surface area contributed by atoms with Crippen LogP contribution in [0.1, 0.15) is 32.1 Å². The van der Waals surface area contributed by atoms with Crippen molar-refractivity contribution in [2.45, 2.75) is 43.7 Å². The number of nitrogens with one attached hydrogen (secondary N) is 1. The number of hydrogen-bond acceptors (Lipinski definition) is 5. The van der Waals surface area contributed by atoms with Gasteiger partial charge in [0.25, 0.3) is 0 Å². The zero-order chi connectivity index (χ0) is 18.7. The van der Waals surface area contributed by atoms with Gasteiger partial charge in [-0.05, 0) is 74.1 Å². The maximum atomic E-state index is 5.87. The summed E-state index contributed by atoms with van der Waals surface area (Å²) in [7, 11) is 1.89. The van der Waals surface area contributed by atoms with Gasteiger partial charge in [0.1, 0.15) is 5.82 Å². The maximum absolute atomic E-state index is 5.87. The molecule has 3 aromatic rings. The number of rotatable bonds is 4. The molecular formula is C22H25N5O. The first kappa shape index (κ1) is 16.5. The lowest BCUT2D eigenvalue weighted by atomic mass is 9.51. The lowest BCUT2D eigenvalue weighted by molar-refractivity contribution is -0.114. The normalized spacial score (nSPS) is 33.5. The molecule has 144 valence electrons. The third-order valence-corrected chi connectivity index (χ3v) is 7.19. The fraction of sp³-hybridized carbons (Fsp3) is 0.500. The van der Waals surface area contributed by atoms with Crippen LogP contribution < -0.4 is 5.32 Å². The number of pyridine rings is 1. The molecule has 3 heterocycles. The van der Waals surface area contributed by atoms with Crippen molar-refractivity contribution in [3.8, 4) is 11.3 Å². The topological polar surface area (TPSA) is 64.3 Å². The molecule has 4 aliphatic rings. The van der Waals surface area contributed by atoms with Gasteiger partial charge in [-0.2, -0.15) is 0 Å². The summed E-state index contributed by atoms with van der Waals surface area (Å²) in [5.41, 5.74) is 3.10. The van der Waals surface area contributed by atoms with Gasteiger partial charge in [0, 0.05) is 30.6 Å². The van der Waals surface area contributed by atoms with E-state index in [1.54, 1.807) is 12.4 Å². The standard InChI is InChI=1S/C22H25N5O/c1-28-21-16-8-14-9-17(21)12-22(10-14,11-16)25-19-2-3-20-24-13-18(27(20)26-19)15-4-6-23-7-5-15/h2-7,13-14,16-17,21H,8-12H2,1H3,(H,25,26). The molecule has 2 unspecified atom stereocenters. The van der Waals surface area contributed by atoms with E-state index in [1.165, 1.54) is 32.1 Å². The average molecular weight is 375 g/mol. The number of imidazole rings is 1. The number of hydrogen-bond donors (Lipinski definition) is 1. The Morgan fingerprint density at radius 2 is 1.86 bits per heavy atom. The van der Waals surface area contributed by atoms with Gasteiger partial charge in [-0.1, -0.05) is 0 Å². The van der Waals surface area contributed by atoms with Crippen LogP contribution in [0.2, 0.25) is 0 Å². The molecule has 3 aromatic heterocycles. The molecule has 6 nitrogen and oxygen atoms in total. The fourth-order valence-electron chi connectivity index (χ4n) is 6.45. The molecule has 4 bridgehead atoms. The van der Waals surface area contributed by atoms with E-state index >= 15 is 0 Å². The molecule has 4 fully saturated rings. The van der Waals surface area contributed by atoms with Crippen molar-refractivity contribution < 1.29 is 4.74 Å². The van der Waals surface area contributed by atoms with Crippen LogP contribution in [-0.2, 0) is 4.74 Å². The van der Waals surface area contributed by atoms with Crippen LogP contribution >= 0.6 is 0 Å². The number of aromatic nitrogens is 4. The summed E-state index contributed by atoms with van der Waals surface area (Å²) in [5.74, 6) is 3.15. The molecule has 7 rings (SSSR count). The van der Waals surface area contributed by atoms with Crippen molar-refractivity contribution in [2.75, 3.05) is 12.4 Å². The molecule has 0 spiro atoms. The minimum atomic E-state index is 0.170. The van der Waals surface area contributed by atoms with Crippen LogP contribution in [-0.4, -0.2) is 38.3 Å². The molecule has 4 aliphatic carbocycles. The molecule has 0 aliphatic heterocycles. The third kappa shape index (κ3) is 2.47. The molecule has 2 atom stereocenters. The minimum Gasteiger partial charge on any atom is -0.381 e. The second-order valence-corrected chi connectivity index (χ2v) is 8.94. The largest absolute Gasteiger partial charge is 0.381 e. The SMILES string of the molecule is COC1C2CC3CC1CC(Nc1ccc4ncc(-c5ccncc5)n4n1)(C3)C2. The molecule has 1 N–H and O–H groups in total. The predicted molar refractivity (Wildman–Crippen MR) is 107 cm³/mol. The lowest BCUT2D eigenvalue weighted by Crippen LogP contribution is -2.60. The average Bonchev–Trinajstić information content (AvgIpc) is 3.11. The van der Waals surface area contributed by atoms with Crippen LogP contribution in [0.4, 0.5) is 5.82 Å². The summed E-state index contributed by atoms with van der Waals surface area (Å²) >= 11 is 0. The highest BCUT2D eigenvalue weighted by atomic mass is 16.5. The van der Waals surface area contributed by atoms with Gasteiger partial charge in [0.05, 0.1) is 18.0 Å². The van der Waals surface area contributed by atoms with E-state index in [0.717, 1.165) is 28.6 Å². The van der Waals surface area contributed by atoms with Crippen LogP contribution in [0.3, 0.4) is 0 Å². The van der Waals surface area contributed by atoms with Crippen LogP contribution in [0.5, 0.6) is 0 Å². The zero-order valence-corrected chi connectivity index (χ0v) is 16.1. The van der Waals surface area contributed by atoms with E-state index in [1.807, 2.05) is 30.0 Å². The molecule has 28 heavy (non-hydrogen) atoms. The van der Waals surface area contributed by atoms with Crippen molar-refractivity contribution >= 4 is 11.5 Å². The van der Waals surface area contributed by atoms with Crippen molar-refractivity contribution in [1.82, 2.24) is 19.6 Å². The van der Waals surface area contributed by atoms with Gasteiger partial charge >= 0.3 is 0 Å². The van der Waals surface area contributed by atoms with E-state index in [9.17, 15) is 0 Å². The second-order valence-electron chi connectivity index (χ2n) is 8.94. The first-order valence-electron chi connectivity index (χ1n) is 10.3. The van der Waals surface area contributed by atoms with Gasteiger partial charge < -0.3 is 10.1 Å². The number of methoxy groups -OCH3 is 1. The predicted octanol–water partition coefficient (Wildman–Crippen LogP) is 3.80. The summed E-state index contributed by atoms with van der Waals surface area (Å²) in [6.45, 7) is 0. The van der Waals surface area contributed by atoms with Crippen molar-refractivity contribution in [3.63, 3.8) is 0 Å². The number of nitrogens with zero attached hydrogens (tertiary/aromatic N) is 4. The second kappa shape index (κ2) is 6.01. The minimum absolute atomic E-state index is 0.170. The van der Waals surface area contributed by atoms with E-state index in [0.29, 0.717) is 17.9 Å². The van der Waals surface area contributed by atoms with E-state index in [4.69, 9.17) is 9.84 Å². The number of fused-ring (bicyclic) bond motifs is 1. The first-order valence-corrected chi connectivity index (χ1v) is 10.3. The molecule has 0 amide bonds. The highest BCUT2D eigenvalue weighted by Crippen LogP contribution is 2.57. The Labute approximate surface area is 164 Å². The first-order chi connectivity index (χ1) is 13.7. The molecule has 4 saturated carbocycles. The molecular weight excluding hydrogens is 350 g/mol. The van der Waals surface area contributed by atoms with E-state index < -0.39 is 0 Å². The Kier molecular flexibility index (Phi) is 3.54. The summed E-state index contributed by atoms with van der Waals surface area (Å²) in [5, 5.41) is 8.78. The van der Waals surface area contributed by atoms with E-state index in [2.05, 4.69) is 27.4 Å². The molecule has 0 saturated heterocycles. The molecule has 0 radical (unpaired) electrons. The Balaban J connectivity index is 1.34.